The Labute approximate surface area is 165 Å². The summed E-state index contributed by atoms with van der Waals surface area (Å²) in [5, 5.41) is 2.93. The fourth-order valence-corrected chi connectivity index (χ4v) is 3.23. The van der Waals surface area contributed by atoms with Gasteiger partial charge in [0, 0.05) is 18.9 Å². The van der Waals surface area contributed by atoms with Gasteiger partial charge in [-0.15, -0.1) is 0 Å². The van der Waals surface area contributed by atoms with Crippen molar-refractivity contribution in [2.45, 2.75) is 20.8 Å². The molecule has 0 unspecified atom stereocenters. The summed E-state index contributed by atoms with van der Waals surface area (Å²) in [5.41, 5.74) is 2.61. The number of carbonyl (C=O) groups excluding carboxylic acids is 2. The SMILES string of the molecule is Cc1cc(C)c(NC(=O)CN(C)C(=O)c2cnc3[nH]c(=O)[nH]c(=O)c3c2)c(C)c1. The summed E-state index contributed by atoms with van der Waals surface area (Å²) in [6, 6.07) is 5.28. The van der Waals surface area contributed by atoms with Crippen LogP contribution in [0.2, 0.25) is 0 Å². The van der Waals surface area contributed by atoms with Crippen LogP contribution in [0.15, 0.2) is 34.0 Å². The fraction of sp³-hybridized carbons (Fsp3) is 0.250. The standard InChI is InChI=1S/C20H21N5O4/c1-10-5-11(2)16(12(3)6-10)22-15(26)9-25(4)19(28)13-7-14-17(21-8-13)23-20(29)24-18(14)27/h5-8H,9H2,1-4H3,(H,22,26)(H2,21,23,24,27,29). The van der Waals surface area contributed by atoms with Crippen LogP contribution in [0.3, 0.4) is 0 Å². The molecule has 0 aliphatic rings. The number of aromatic nitrogens is 3. The van der Waals surface area contributed by atoms with Crippen molar-refractivity contribution in [3.63, 3.8) is 0 Å². The molecule has 0 aliphatic carbocycles. The van der Waals surface area contributed by atoms with Gasteiger partial charge in [-0.1, -0.05) is 17.7 Å². The maximum Gasteiger partial charge on any atom is 0.327 e. The number of H-pyrrole nitrogens is 2. The summed E-state index contributed by atoms with van der Waals surface area (Å²) in [7, 11) is 1.48. The first kappa shape index (κ1) is 20.0. The molecule has 0 radical (unpaired) electrons. The first-order valence-electron chi connectivity index (χ1n) is 8.91. The summed E-state index contributed by atoms with van der Waals surface area (Å²) < 4.78 is 0. The maximum atomic E-state index is 12.7. The Balaban J connectivity index is 1.77. The smallest absolute Gasteiger partial charge is 0.327 e. The average Bonchev–Trinajstić information content (AvgIpc) is 2.63. The molecule has 29 heavy (non-hydrogen) atoms. The normalized spacial score (nSPS) is 10.8. The Morgan fingerprint density at radius 3 is 2.38 bits per heavy atom. The predicted molar refractivity (Wildman–Crippen MR) is 109 cm³/mol. The van der Waals surface area contributed by atoms with Crippen molar-refractivity contribution in [3.8, 4) is 0 Å². The second-order valence-corrected chi connectivity index (χ2v) is 7.01. The number of pyridine rings is 1. The lowest BCUT2D eigenvalue weighted by Gasteiger charge is -2.18. The number of likely N-dealkylation sites (N-methyl/N-ethyl adjacent to an activating group) is 1. The van der Waals surface area contributed by atoms with Crippen LogP contribution in [0, 0.1) is 20.8 Å². The quantitative estimate of drug-likeness (QED) is 0.612. The molecule has 150 valence electrons. The molecule has 9 nitrogen and oxygen atoms in total. The minimum Gasteiger partial charge on any atom is -0.332 e. The third-order valence-corrected chi connectivity index (χ3v) is 4.51. The van der Waals surface area contributed by atoms with Crippen LogP contribution in [0.1, 0.15) is 27.0 Å². The number of hydrogen-bond donors (Lipinski definition) is 3. The second kappa shape index (κ2) is 7.70. The van der Waals surface area contributed by atoms with Crippen LogP contribution in [0.25, 0.3) is 11.0 Å². The van der Waals surface area contributed by atoms with E-state index < -0.39 is 17.2 Å². The lowest BCUT2D eigenvalue weighted by molar-refractivity contribution is -0.116. The molecule has 2 amide bonds. The fourth-order valence-electron chi connectivity index (χ4n) is 3.23. The molecule has 3 rings (SSSR count). The third-order valence-electron chi connectivity index (χ3n) is 4.51. The first-order chi connectivity index (χ1) is 13.7. The van der Waals surface area contributed by atoms with Gasteiger partial charge in [-0.3, -0.25) is 24.4 Å². The Hall–Kier alpha value is -3.75. The number of aromatic amines is 2. The van der Waals surface area contributed by atoms with Gasteiger partial charge in [0.05, 0.1) is 17.5 Å². The Morgan fingerprint density at radius 2 is 1.72 bits per heavy atom. The summed E-state index contributed by atoms with van der Waals surface area (Å²) in [6.45, 7) is 5.63. The number of amides is 2. The summed E-state index contributed by atoms with van der Waals surface area (Å²) in [6.07, 6.45) is 1.25. The van der Waals surface area contributed by atoms with E-state index in [1.807, 2.05) is 32.9 Å². The number of benzene rings is 1. The molecule has 0 atom stereocenters. The van der Waals surface area contributed by atoms with Gasteiger partial charge in [0.25, 0.3) is 11.5 Å². The Bertz CT molecular complexity index is 1220. The van der Waals surface area contributed by atoms with E-state index in [-0.39, 0.29) is 29.0 Å². The average molecular weight is 395 g/mol. The zero-order valence-corrected chi connectivity index (χ0v) is 16.5. The van der Waals surface area contributed by atoms with E-state index >= 15 is 0 Å². The summed E-state index contributed by atoms with van der Waals surface area (Å²) >= 11 is 0. The van der Waals surface area contributed by atoms with Crippen molar-refractivity contribution < 1.29 is 9.59 Å². The molecule has 0 fully saturated rings. The van der Waals surface area contributed by atoms with Gasteiger partial charge in [0.1, 0.15) is 5.65 Å². The van der Waals surface area contributed by atoms with E-state index in [0.29, 0.717) is 0 Å². The molecule has 0 saturated heterocycles. The molecular formula is C20H21N5O4. The number of carbonyl (C=O) groups is 2. The lowest BCUT2D eigenvalue weighted by atomic mass is 10.1. The number of nitrogens with one attached hydrogen (secondary N) is 3. The molecule has 3 N–H and O–H groups in total. The second-order valence-electron chi connectivity index (χ2n) is 7.01. The molecule has 0 spiro atoms. The Kier molecular flexibility index (Phi) is 5.31. The number of nitrogens with zero attached hydrogens (tertiary/aromatic N) is 2. The van der Waals surface area contributed by atoms with Crippen molar-refractivity contribution in [1.82, 2.24) is 19.9 Å². The van der Waals surface area contributed by atoms with E-state index in [9.17, 15) is 19.2 Å². The highest BCUT2D eigenvalue weighted by atomic mass is 16.2. The van der Waals surface area contributed by atoms with E-state index in [0.717, 1.165) is 22.4 Å². The lowest BCUT2D eigenvalue weighted by Crippen LogP contribution is -2.35. The molecule has 0 aliphatic heterocycles. The monoisotopic (exact) mass is 395 g/mol. The van der Waals surface area contributed by atoms with Crippen LogP contribution < -0.4 is 16.6 Å². The number of aryl methyl sites for hydroxylation is 3. The molecule has 3 aromatic rings. The number of anilines is 1. The van der Waals surface area contributed by atoms with E-state index in [2.05, 4.69) is 20.3 Å². The largest absolute Gasteiger partial charge is 0.332 e. The number of rotatable bonds is 4. The molecule has 9 heteroatoms. The van der Waals surface area contributed by atoms with E-state index in [1.54, 1.807) is 0 Å². The minimum absolute atomic E-state index is 0.0826. The van der Waals surface area contributed by atoms with Crippen molar-refractivity contribution >= 4 is 28.5 Å². The summed E-state index contributed by atoms with van der Waals surface area (Å²) in [5.74, 6) is -0.815. The molecular weight excluding hydrogens is 374 g/mol. The van der Waals surface area contributed by atoms with Gasteiger partial charge in [0.15, 0.2) is 0 Å². The maximum absolute atomic E-state index is 12.7. The number of fused-ring (bicyclic) bond motifs is 1. The molecule has 0 bridgehead atoms. The van der Waals surface area contributed by atoms with E-state index in [1.165, 1.54) is 24.2 Å². The zero-order chi connectivity index (χ0) is 21.3. The van der Waals surface area contributed by atoms with Gasteiger partial charge in [0.2, 0.25) is 5.91 Å². The number of hydrogen-bond acceptors (Lipinski definition) is 5. The zero-order valence-electron chi connectivity index (χ0n) is 16.5. The highest BCUT2D eigenvalue weighted by Gasteiger charge is 2.18. The topological polar surface area (TPSA) is 128 Å². The van der Waals surface area contributed by atoms with Gasteiger partial charge < -0.3 is 10.2 Å². The molecule has 2 heterocycles. The minimum atomic E-state index is -0.676. The third kappa shape index (κ3) is 4.23. The Morgan fingerprint density at radius 1 is 1.07 bits per heavy atom. The van der Waals surface area contributed by atoms with Crippen LogP contribution >= 0.6 is 0 Å². The van der Waals surface area contributed by atoms with E-state index in [4.69, 9.17) is 0 Å². The highest BCUT2D eigenvalue weighted by molar-refractivity contribution is 6.00. The van der Waals surface area contributed by atoms with Gasteiger partial charge in [-0.25, -0.2) is 9.78 Å². The predicted octanol–water partition coefficient (Wildman–Crippen LogP) is 1.25. The van der Waals surface area contributed by atoms with Crippen LogP contribution in [0.5, 0.6) is 0 Å². The van der Waals surface area contributed by atoms with Crippen LogP contribution in [-0.4, -0.2) is 45.3 Å². The highest BCUT2D eigenvalue weighted by Crippen LogP contribution is 2.21. The van der Waals surface area contributed by atoms with Crippen molar-refractivity contribution in [2.24, 2.45) is 0 Å². The summed E-state index contributed by atoms with van der Waals surface area (Å²) in [4.78, 5) is 58.0. The van der Waals surface area contributed by atoms with Crippen molar-refractivity contribution in [1.29, 1.82) is 0 Å². The van der Waals surface area contributed by atoms with Gasteiger partial charge in [-0.05, 0) is 38.0 Å². The van der Waals surface area contributed by atoms with Crippen LogP contribution in [0.4, 0.5) is 5.69 Å². The van der Waals surface area contributed by atoms with Crippen molar-refractivity contribution in [2.75, 3.05) is 18.9 Å². The first-order valence-corrected chi connectivity index (χ1v) is 8.91. The van der Waals surface area contributed by atoms with Crippen molar-refractivity contribution in [3.05, 3.63) is 67.5 Å². The molecule has 2 aromatic heterocycles. The van der Waals surface area contributed by atoms with Crippen LogP contribution in [-0.2, 0) is 4.79 Å². The van der Waals surface area contributed by atoms with Gasteiger partial charge in [-0.2, -0.15) is 0 Å². The molecule has 1 aromatic carbocycles. The van der Waals surface area contributed by atoms with Gasteiger partial charge >= 0.3 is 5.69 Å². The molecule has 0 saturated carbocycles.